The molecule has 0 amide bonds. The van der Waals surface area contributed by atoms with E-state index in [2.05, 4.69) is 39.7 Å². The zero-order valence-corrected chi connectivity index (χ0v) is 22.8. The van der Waals surface area contributed by atoms with Crippen molar-refractivity contribution in [3.05, 3.63) is 64.6 Å². The van der Waals surface area contributed by atoms with Gasteiger partial charge in [0.2, 0.25) is 0 Å². The number of carbonyl (C=O) groups excluding carboxylic acids is 1. The van der Waals surface area contributed by atoms with Crippen LogP contribution in [0.25, 0.3) is 23.5 Å². The zero-order valence-electron chi connectivity index (χ0n) is 22.8. The van der Waals surface area contributed by atoms with Crippen LogP contribution in [0.15, 0.2) is 36.9 Å². The first-order valence-electron chi connectivity index (χ1n) is 13.8. The normalized spacial score (nSPS) is 12.3. The first-order chi connectivity index (χ1) is 18.1. The number of unbranched alkanes of at least 4 members (excludes halogenated alkanes) is 7. The molecule has 37 heavy (non-hydrogen) atoms. The Morgan fingerprint density at radius 3 is 2.32 bits per heavy atom. The quantitative estimate of drug-likeness (QED) is 0.118. The zero-order chi connectivity index (χ0) is 26.5. The summed E-state index contributed by atoms with van der Waals surface area (Å²) in [6.07, 6.45) is 16.9. The van der Waals surface area contributed by atoms with E-state index in [1.54, 1.807) is 0 Å². The number of carbonyl (C=O) groups is 1. The number of hydrogen-bond donors (Lipinski definition) is 3. The molecule has 0 bridgehead atoms. The molecule has 0 saturated carbocycles. The lowest BCUT2D eigenvalue weighted by molar-refractivity contribution is 0.0523. The fraction of sp³-hybridized carbons (Fsp3) is 0.452. The molecular weight excluding hydrogens is 462 g/mol. The lowest BCUT2D eigenvalue weighted by Crippen LogP contribution is -2.10. The third kappa shape index (κ3) is 8.31. The minimum atomic E-state index is -0.395. The van der Waals surface area contributed by atoms with Crippen LogP contribution in [0, 0.1) is 6.92 Å². The van der Waals surface area contributed by atoms with Gasteiger partial charge in [0.15, 0.2) is 5.75 Å². The monoisotopic (exact) mass is 505 g/mol. The molecule has 6 nitrogen and oxygen atoms in total. The van der Waals surface area contributed by atoms with Crippen molar-refractivity contribution >= 4 is 18.1 Å². The minimum absolute atomic E-state index is 0.296. The Bertz CT molecular complexity index is 1250. The first-order valence-corrected chi connectivity index (χ1v) is 13.8. The summed E-state index contributed by atoms with van der Waals surface area (Å²) in [6, 6.07) is 8.09. The van der Waals surface area contributed by atoms with Crippen LogP contribution in [0.1, 0.15) is 93.4 Å². The van der Waals surface area contributed by atoms with E-state index in [-0.39, 0.29) is 0 Å². The topological polar surface area (TPSA) is 82.9 Å². The highest BCUT2D eigenvalue weighted by molar-refractivity contribution is 6.00. The number of nitrogens with one attached hydrogen (secondary N) is 3. The molecule has 6 heteroatoms. The van der Waals surface area contributed by atoms with Gasteiger partial charge in [-0.1, -0.05) is 44.8 Å². The van der Waals surface area contributed by atoms with E-state index in [1.807, 2.05) is 45.1 Å². The molecule has 3 heterocycles. The van der Waals surface area contributed by atoms with Crippen molar-refractivity contribution in [1.29, 1.82) is 0 Å². The Kier molecular flexibility index (Phi) is 11.4. The summed E-state index contributed by atoms with van der Waals surface area (Å²) < 4.78 is 11.5. The van der Waals surface area contributed by atoms with Gasteiger partial charge in [-0.2, -0.15) is 0 Å². The molecule has 0 aliphatic heterocycles. The van der Waals surface area contributed by atoms with Gasteiger partial charge in [0, 0.05) is 16.4 Å². The number of ether oxygens (including phenoxy) is 2. The third-order valence-electron chi connectivity index (χ3n) is 6.27. The summed E-state index contributed by atoms with van der Waals surface area (Å²) in [5.41, 5.74) is 3.67. The molecule has 3 rings (SSSR count). The molecule has 0 radical (unpaired) electrons. The van der Waals surface area contributed by atoms with Gasteiger partial charge in [0.05, 0.1) is 30.3 Å². The lowest BCUT2D eigenvalue weighted by Gasteiger charge is -2.08. The second-order valence-corrected chi connectivity index (χ2v) is 9.45. The summed E-state index contributed by atoms with van der Waals surface area (Å²) >= 11 is 0. The van der Waals surface area contributed by atoms with Crippen LogP contribution in [0.2, 0.25) is 0 Å². The average molecular weight is 506 g/mol. The highest BCUT2D eigenvalue weighted by atomic mass is 16.5. The van der Waals surface area contributed by atoms with Crippen LogP contribution in [-0.2, 0) is 4.74 Å². The number of esters is 1. The van der Waals surface area contributed by atoms with E-state index >= 15 is 0 Å². The van der Waals surface area contributed by atoms with Crippen LogP contribution in [0.3, 0.4) is 0 Å². The molecular formula is C31H43N3O3. The van der Waals surface area contributed by atoms with Gasteiger partial charge >= 0.3 is 5.97 Å². The van der Waals surface area contributed by atoms with Crippen LogP contribution >= 0.6 is 0 Å². The maximum absolute atomic E-state index is 13.0. The van der Waals surface area contributed by atoms with Crippen molar-refractivity contribution in [3.8, 4) is 17.1 Å². The molecule has 0 unspecified atom stereocenters. The highest BCUT2D eigenvalue weighted by Gasteiger charge is 2.26. The number of aromatic amines is 3. The summed E-state index contributed by atoms with van der Waals surface area (Å²) in [7, 11) is 0. The molecule has 200 valence electrons. The number of allylic oxidation sites excluding steroid dienone is 1. The van der Waals surface area contributed by atoms with Crippen molar-refractivity contribution < 1.29 is 14.3 Å². The van der Waals surface area contributed by atoms with E-state index < -0.39 is 5.97 Å². The maximum atomic E-state index is 13.0. The van der Waals surface area contributed by atoms with Crippen LogP contribution in [-0.4, -0.2) is 34.1 Å². The van der Waals surface area contributed by atoms with E-state index in [4.69, 9.17) is 9.47 Å². The predicted octanol–water partition coefficient (Wildman–Crippen LogP) is 6.53. The maximum Gasteiger partial charge on any atom is 0.344 e. The molecule has 0 aliphatic carbocycles. The second kappa shape index (κ2) is 15.0. The molecule has 3 aromatic heterocycles. The Balaban J connectivity index is 1.80. The number of rotatable bonds is 16. The average Bonchev–Trinajstić information content (AvgIpc) is 3.61. The molecule has 3 N–H and O–H groups in total. The van der Waals surface area contributed by atoms with Gasteiger partial charge in [-0.15, -0.1) is 6.58 Å². The van der Waals surface area contributed by atoms with Gasteiger partial charge in [0.25, 0.3) is 0 Å². The van der Waals surface area contributed by atoms with Crippen molar-refractivity contribution in [2.24, 2.45) is 0 Å². The van der Waals surface area contributed by atoms with Crippen molar-refractivity contribution in [1.82, 2.24) is 15.0 Å². The van der Waals surface area contributed by atoms with Gasteiger partial charge in [0.1, 0.15) is 5.56 Å². The van der Waals surface area contributed by atoms with Gasteiger partial charge in [-0.3, -0.25) is 0 Å². The predicted molar refractivity (Wildman–Crippen MR) is 152 cm³/mol. The minimum Gasteiger partial charge on any atom is -0.490 e. The van der Waals surface area contributed by atoms with Crippen molar-refractivity contribution in [2.75, 3.05) is 13.2 Å². The summed E-state index contributed by atoms with van der Waals surface area (Å²) in [4.78, 5) is 23.2. The van der Waals surface area contributed by atoms with Crippen LogP contribution < -0.4 is 15.4 Å². The standard InChI is InChI=1S/C31H43N3O3/c1-5-8-9-10-11-12-13-14-15-16-24-18-19-25(33-24)22-27-30(37-21-6-2)28(31(35)36-7-3)29(34-27)26-20-17-23(4)32-26/h5,16-20,22,32-34H,1,6-15,21H2,2-4H3. The van der Waals surface area contributed by atoms with Gasteiger partial charge in [-0.05, 0) is 76.3 Å². The summed E-state index contributed by atoms with van der Waals surface area (Å²) in [5.74, 6) is 0.128. The largest absolute Gasteiger partial charge is 0.490 e. The first kappa shape index (κ1) is 28.2. The van der Waals surface area contributed by atoms with E-state index in [0.717, 1.165) is 47.0 Å². The fourth-order valence-electron chi connectivity index (χ4n) is 4.39. The Morgan fingerprint density at radius 2 is 1.65 bits per heavy atom. The Labute approximate surface area is 220 Å². The van der Waals surface area contributed by atoms with Crippen LogP contribution in [0.5, 0.6) is 5.75 Å². The summed E-state index contributed by atoms with van der Waals surface area (Å²) in [6.45, 7) is 10.4. The molecule has 0 aliphatic rings. The Morgan fingerprint density at radius 1 is 0.919 bits per heavy atom. The van der Waals surface area contributed by atoms with E-state index in [0.29, 0.717) is 30.2 Å². The van der Waals surface area contributed by atoms with Crippen molar-refractivity contribution in [2.45, 2.75) is 78.6 Å². The smallest absolute Gasteiger partial charge is 0.344 e. The third-order valence-corrected chi connectivity index (χ3v) is 6.27. The molecule has 0 fully saturated rings. The van der Waals surface area contributed by atoms with Gasteiger partial charge in [-0.25, -0.2) is 4.79 Å². The van der Waals surface area contributed by atoms with E-state index in [9.17, 15) is 4.79 Å². The lowest BCUT2D eigenvalue weighted by atomic mass is 10.1. The molecule has 0 saturated heterocycles. The molecule has 0 aromatic carbocycles. The second-order valence-electron chi connectivity index (χ2n) is 9.45. The number of hydrogen-bond acceptors (Lipinski definition) is 3. The molecule has 3 aromatic rings. The molecule has 0 atom stereocenters. The molecule has 0 spiro atoms. The van der Waals surface area contributed by atoms with Gasteiger partial charge < -0.3 is 24.4 Å². The Hall–Kier alpha value is -3.41. The number of aryl methyl sites for hydroxylation is 1. The highest BCUT2D eigenvalue weighted by Crippen LogP contribution is 2.35. The SMILES string of the molecule is C=CCCCCCCCCC=c1ccc(=Cc2[nH]c(-c3ccc(C)[nH]3)c(C(=O)OCC)c2OCCC)[nH]1. The number of H-pyrrole nitrogens is 3. The van der Waals surface area contributed by atoms with Crippen molar-refractivity contribution in [3.63, 3.8) is 0 Å². The number of aromatic nitrogens is 3. The van der Waals surface area contributed by atoms with E-state index in [1.165, 1.54) is 38.5 Å². The fourth-order valence-corrected chi connectivity index (χ4v) is 4.39. The van der Waals surface area contributed by atoms with Crippen LogP contribution in [0.4, 0.5) is 0 Å². The summed E-state index contributed by atoms with van der Waals surface area (Å²) in [5, 5.41) is 2.05.